The zero-order valence-electron chi connectivity index (χ0n) is 13.8. The van der Waals surface area contributed by atoms with Crippen LogP contribution in [0.2, 0.25) is 0 Å². The van der Waals surface area contributed by atoms with Gasteiger partial charge in [-0.25, -0.2) is 0 Å². The zero-order chi connectivity index (χ0) is 16.8. The second kappa shape index (κ2) is 8.11. The van der Waals surface area contributed by atoms with E-state index in [1.54, 1.807) is 7.11 Å². The number of methoxy groups -OCH3 is 1. The highest BCUT2D eigenvalue weighted by Gasteiger charge is 2.17. The normalized spacial score (nSPS) is 13.8. The molecule has 1 amide bonds. The topological polar surface area (TPSA) is 41.6 Å². The van der Waals surface area contributed by atoms with Crippen molar-refractivity contribution in [3.05, 3.63) is 54.1 Å². The molecule has 0 aliphatic carbocycles. The van der Waals surface area contributed by atoms with Gasteiger partial charge in [-0.05, 0) is 42.0 Å². The zero-order valence-corrected chi connectivity index (χ0v) is 14.6. The number of anilines is 1. The highest BCUT2D eigenvalue weighted by molar-refractivity contribution is 7.99. The maximum atomic E-state index is 12.3. The standard InChI is InChI=1S/C19H22N2O2S/c1-23-16-9-7-15(8-10-16)13-20-19(22)14-21-11-4-12-24-18-6-3-2-5-17(18)21/h2-3,5-10H,4,11-14H2,1H3,(H,20,22). The molecule has 5 heteroatoms. The second-order valence-electron chi connectivity index (χ2n) is 5.72. The first-order valence-electron chi connectivity index (χ1n) is 8.12. The van der Waals surface area contributed by atoms with Crippen molar-refractivity contribution < 1.29 is 9.53 Å². The fourth-order valence-corrected chi connectivity index (χ4v) is 3.75. The molecule has 2 aromatic rings. The van der Waals surface area contributed by atoms with E-state index in [2.05, 4.69) is 28.4 Å². The van der Waals surface area contributed by atoms with Crippen molar-refractivity contribution in [2.24, 2.45) is 0 Å². The number of hydrogen-bond donors (Lipinski definition) is 1. The van der Waals surface area contributed by atoms with Crippen molar-refractivity contribution in [2.45, 2.75) is 17.9 Å². The van der Waals surface area contributed by atoms with Crippen molar-refractivity contribution in [1.82, 2.24) is 5.32 Å². The van der Waals surface area contributed by atoms with Crippen LogP contribution < -0.4 is 15.0 Å². The molecule has 0 unspecified atom stereocenters. The number of hydrogen-bond acceptors (Lipinski definition) is 4. The summed E-state index contributed by atoms with van der Waals surface area (Å²) in [5, 5.41) is 3.01. The van der Waals surface area contributed by atoms with Crippen LogP contribution >= 0.6 is 11.8 Å². The molecule has 0 fully saturated rings. The predicted molar refractivity (Wildman–Crippen MR) is 98.8 cm³/mol. The van der Waals surface area contributed by atoms with Gasteiger partial charge >= 0.3 is 0 Å². The minimum absolute atomic E-state index is 0.0486. The Bertz CT molecular complexity index is 688. The highest BCUT2D eigenvalue weighted by Crippen LogP contribution is 2.33. The number of fused-ring (bicyclic) bond motifs is 1. The van der Waals surface area contributed by atoms with E-state index >= 15 is 0 Å². The summed E-state index contributed by atoms with van der Waals surface area (Å²) in [7, 11) is 1.65. The fourth-order valence-electron chi connectivity index (χ4n) is 2.74. The van der Waals surface area contributed by atoms with Gasteiger partial charge in [0.25, 0.3) is 0 Å². The Morgan fingerprint density at radius 2 is 2.00 bits per heavy atom. The average Bonchev–Trinajstić information content (AvgIpc) is 2.83. The third-order valence-corrected chi connectivity index (χ3v) is 5.17. The molecule has 1 aliphatic rings. The maximum Gasteiger partial charge on any atom is 0.239 e. The molecular formula is C19H22N2O2S. The number of thioether (sulfide) groups is 1. The molecule has 0 radical (unpaired) electrons. The van der Waals surface area contributed by atoms with Crippen molar-refractivity contribution in [3.63, 3.8) is 0 Å². The summed E-state index contributed by atoms with van der Waals surface area (Å²) < 4.78 is 5.14. The summed E-state index contributed by atoms with van der Waals surface area (Å²) in [5.74, 6) is 1.97. The van der Waals surface area contributed by atoms with E-state index in [4.69, 9.17) is 4.74 Å². The summed E-state index contributed by atoms with van der Waals surface area (Å²) in [4.78, 5) is 15.8. The van der Waals surface area contributed by atoms with Crippen LogP contribution in [0.5, 0.6) is 5.75 Å². The second-order valence-corrected chi connectivity index (χ2v) is 6.85. The summed E-state index contributed by atoms with van der Waals surface area (Å²) >= 11 is 1.87. The molecule has 1 heterocycles. The molecule has 0 saturated heterocycles. The van der Waals surface area contributed by atoms with Crippen LogP contribution in [-0.2, 0) is 11.3 Å². The van der Waals surface area contributed by atoms with Crippen molar-refractivity contribution in [2.75, 3.05) is 30.9 Å². The molecule has 4 nitrogen and oxygen atoms in total. The van der Waals surface area contributed by atoms with Crippen LogP contribution in [0, 0.1) is 0 Å². The van der Waals surface area contributed by atoms with Gasteiger partial charge in [0.05, 0.1) is 19.3 Å². The van der Waals surface area contributed by atoms with E-state index in [0.29, 0.717) is 13.1 Å². The lowest BCUT2D eigenvalue weighted by Gasteiger charge is -2.23. The molecule has 3 rings (SSSR count). The number of nitrogens with zero attached hydrogens (tertiary/aromatic N) is 1. The predicted octanol–water partition coefficient (Wildman–Crippen LogP) is 3.31. The number of benzene rings is 2. The minimum Gasteiger partial charge on any atom is -0.497 e. The number of carbonyl (C=O) groups excluding carboxylic acids is 1. The van der Waals surface area contributed by atoms with Crippen LogP contribution in [0.25, 0.3) is 0 Å². The Morgan fingerprint density at radius 3 is 2.79 bits per heavy atom. The molecule has 126 valence electrons. The molecule has 0 atom stereocenters. The van der Waals surface area contributed by atoms with Gasteiger partial charge in [-0.3, -0.25) is 4.79 Å². The lowest BCUT2D eigenvalue weighted by molar-refractivity contribution is -0.119. The first-order valence-corrected chi connectivity index (χ1v) is 9.11. The van der Waals surface area contributed by atoms with Gasteiger partial charge in [-0.2, -0.15) is 0 Å². The quantitative estimate of drug-likeness (QED) is 0.905. The molecule has 24 heavy (non-hydrogen) atoms. The van der Waals surface area contributed by atoms with E-state index in [-0.39, 0.29) is 5.91 Å². The van der Waals surface area contributed by atoms with Crippen molar-refractivity contribution >= 4 is 23.4 Å². The van der Waals surface area contributed by atoms with Gasteiger partial charge in [0.15, 0.2) is 0 Å². The van der Waals surface area contributed by atoms with Gasteiger partial charge in [-0.15, -0.1) is 11.8 Å². The average molecular weight is 342 g/mol. The van der Waals surface area contributed by atoms with Gasteiger partial charge in [0, 0.05) is 18.0 Å². The number of rotatable bonds is 5. The van der Waals surface area contributed by atoms with Gasteiger partial charge in [0.1, 0.15) is 5.75 Å². The molecule has 0 spiro atoms. The molecule has 0 bridgehead atoms. The van der Waals surface area contributed by atoms with Gasteiger partial charge in [0.2, 0.25) is 5.91 Å². The third-order valence-electron chi connectivity index (χ3n) is 4.02. The van der Waals surface area contributed by atoms with E-state index in [1.807, 2.05) is 42.1 Å². The Balaban J connectivity index is 1.58. The Morgan fingerprint density at radius 1 is 1.21 bits per heavy atom. The highest BCUT2D eigenvalue weighted by atomic mass is 32.2. The van der Waals surface area contributed by atoms with Crippen LogP contribution in [0.3, 0.4) is 0 Å². The van der Waals surface area contributed by atoms with E-state index in [0.717, 1.165) is 30.0 Å². The molecular weight excluding hydrogens is 320 g/mol. The maximum absolute atomic E-state index is 12.3. The first-order chi connectivity index (χ1) is 11.8. The number of amides is 1. The molecule has 1 N–H and O–H groups in total. The van der Waals surface area contributed by atoms with E-state index in [9.17, 15) is 4.79 Å². The van der Waals surface area contributed by atoms with Crippen LogP contribution in [0.4, 0.5) is 5.69 Å². The summed E-state index contributed by atoms with van der Waals surface area (Å²) in [6, 6.07) is 16.1. The number of nitrogens with one attached hydrogen (secondary N) is 1. The number of carbonyl (C=O) groups is 1. The molecule has 1 aliphatic heterocycles. The van der Waals surface area contributed by atoms with Gasteiger partial charge in [-0.1, -0.05) is 24.3 Å². The smallest absolute Gasteiger partial charge is 0.239 e. The number of para-hydroxylation sites is 1. The minimum atomic E-state index is 0.0486. The Hall–Kier alpha value is -2.14. The van der Waals surface area contributed by atoms with E-state index < -0.39 is 0 Å². The van der Waals surface area contributed by atoms with Crippen LogP contribution in [0.1, 0.15) is 12.0 Å². The fraction of sp³-hybridized carbons (Fsp3) is 0.316. The molecule has 2 aromatic carbocycles. The first kappa shape index (κ1) is 16.7. The largest absolute Gasteiger partial charge is 0.497 e. The monoisotopic (exact) mass is 342 g/mol. The third kappa shape index (κ3) is 4.23. The van der Waals surface area contributed by atoms with Crippen molar-refractivity contribution in [3.8, 4) is 5.75 Å². The number of ether oxygens (including phenoxy) is 1. The Kier molecular flexibility index (Phi) is 5.64. The van der Waals surface area contributed by atoms with Crippen molar-refractivity contribution in [1.29, 1.82) is 0 Å². The van der Waals surface area contributed by atoms with E-state index in [1.165, 1.54) is 10.6 Å². The lowest BCUT2D eigenvalue weighted by Crippen LogP contribution is -2.37. The van der Waals surface area contributed by atoms with Crippen LogP contribution in [-0.4, -0.2) is 31.9 Å². The lowest BCUT2D eigenvalue weighted by atomic mass is 10.2. The Labute approximate surface area is 147 Å². The van der Waals surface area contributed by atoms with Crippen LogP contribution in [0.15, 0.2) is 53.4 Å². The summed E-state index contributed by atoms with van der Waals surface area (Å²) in [6.45, 7) is 1.85. The summed E-state index contributed by atoms with van der Waals surface area (Å²) in [5.41, 5.74) is 2.23. The molecule has 0 aromatic heterocycles. The summed E-state index contributed by atoms with van der Waals surface area (Å²) in [6.07, 6.45) is 1.09. The SMILES string of the molecule is COc1ccc(CNC(=O)CN2CCCSc3ccccc32)cc1. The van der Waals surface area contributed by atoms with Gasteiger partial charge < -0.3 is 15.0 Å². The molecule has 0 saturated carbocycles.